The Balaban J connectivity index is 1.84. The second-order valence-electron chi connectivity index (χ2n) is 6.40. The third kappa shape index (κ3) is 4.75. The molecule has 0 amide bonds. The first-order chi connectivity index (χ1) is 9.95. The van der Waals surface area contributed by atoms with Gasteiger partial charge in [-0.3, -0.25) is 0 Å². The Morgan fingerprint density at radius 2 is 1.71 bits per heavy atom. The van der Waals surface area contributed by atoms with Crippen LogP contribution in [0.5, 0.6) is 0 Å². The zero-order chi connectivity index (χ0) is 15.4. The summed E-state index contributed by atoms with van der Waals surface area (Å²) in [6, 6.07) is 3.80. The molecule has 2 rings (SSSR count). The number of aliphatic hydroxyl groups excluding tert-OH is 1. The van der Waals surface area contributed by atoms with Crippen molar-refractivity contribution in [2.75, 3.05) is 13.6 Å². The summed E-state index contributed by atoms with van der Waals surface area (Å²) < 4.78 is 26.3. The third-order valence-electron chi connectivity index (χ3n) is 4.63. The first kappa shape index (κ1) is 16.4. The minimum atomic E-state index is -0.819. The van der Waals surface area contributed by atoms with Gasteiger partial charge in [0.15, 0.2) is 0 Å². The van der Waals surface area contributed by atoms with Crippen molar-refractivity contribution in [2.24, 2.45) is 5.92 Å². The van der Waals surface area contributed by atoms with Crippen LogP contribution in [-0.2, 0) is 0 Å². The minimum Gasteiger partial charge on any atom is -0.388 e. The van der Waals surface area contributed by atoms with Crippen LogP contribution in [-0.4, -0.2) is 29.6 Å². The Morgan fingerprint density at radius 3 is 2.29 bits per heavy atom. The summed E-state index contributed by atoms with van der Waals surface area (Å²) in [5.74, 6) is -0.465. The highest BCUT2D eigenvalue weighted by Gasteiger charge is 2.22. The molecule has 1 aromatic rings. The first-order valence-corrected chi connectivity index (χ1v) is 7.80. The standard InChI is InChI=1S/C17H25F2NO/c1-12-3-5-16(6-4-12)20(2)8-7-17(21)13-9-14(18)11-15(19)10-13/h9-12,16-17,21H,3-8H2,1-2H3. The Hall–Kier alpha value is -1.00. The molecule has 1 unspecified atom stereocenters. The number of benzene rings is 1. The van der Waals surface area contributed by atoms with Crippen molar-refractivity contribution in [2.45, 2.75) is 51.2 Å². The maximum absolute atomic E-state index is 13.2. The second kappa shape index (κ2) is 7.32. The van der Waals surface area contributed by atoms with Crippen LogP contribution in [0.25, 0.3) is 0 Å². The van der Waals surface area contributed by atoms with E-state index in [0.717, 1.165) is 18.5 Å². The van der Waals surface area contributed by atoms with E-state index in [4.69, 9.17) is 0 Å². The fourth-order valence-corrected chi connectivity index (χ4v) is 3.13. The Morgan fingerprint density at radius 1 is 1.14 bits per heavy atom. The topological polar surface area (TPSA) is 23.5 Å². The van der Waals surface area contributed by atoms with E-state index in [1.165, 1.54) is 37.8 Å². The van der Waals surface area contributed by atoms with Crippen LogP contribution < -0.4 is 0 Å². The van der Waals surface area contributed by atoms with Gasteiger partial charge < -0.3 is 10.0 Å². The highest BCUT2D eigenvalue weighted by molar-refractivity contribution is 5.20. The predicted molar refractivity (Wildman–Crippen MR) is 80.0 cm³/mol. The zero-order valence-electron chi connectivity index (χ0n) is 12.9. The van der Waals surface area contributed by atoms with Crippen molar-refractivity contribution in [1.82, 2.24) is 4.90 Å². The maximum atomic E-state index is 13.2. The molecule has 0 aliphatic heterocycles. The minimum absolute atomic E-state index is 0.318. The number of rotatable bonds is 5. The van der Waals surface area contributed by atoms with Crippen molar-refractivity contribution < 1.29 is 13.9 Å². The molecule has 1 saturated carbocycles. The highest BCUT2D eigenvalue weighted by Crippen LogP contribution is 2.27. The van der Waals surface area contributed by atoms with E-state index in [-0.39, 0.29) is 0 Å². The fraction of sp³-hybridized carbons (Fsp3) is 0.647. The van der Waals surface area contributed by atoms with E-state index in [0.29, 0.717) is 18.0 Å². The molecule has 1 aliphatic rings. The molecule has 2 nitrogen and oxygen atoms in total. The maximum Gasteiger partial charge on any atom is 0.126 e. The Kier molecular flexibility index (Phi) is 5.71. The predicted octanol–water partition coefficient (Wildman–Crippen LogP) is 3.90. The lowest BCUT2D eigenvalue weighted by Crippen LogP contribution is -2.36. The van der Waals surface area contributed by atoms with Crippen LogP contribution in [0.1, 0.15) is 50.7 Å². The number of halogens is 2. The van der Waals surface area contributed by atoms with Crippen LogP contribution in [0.3, 0.4) is 0 Å². The van der Waals surface area contributed by atoms with Gasteiger partial charge in [0, 0.05) is 18.7 Å². The average Bonchev–Trinajstić information content (AvgIpc) is 2.44. The molecule has 0 aromatic heterocycles. The van der Waals surface area contributed by atoms with Gasteiger partial charge in [0.05, 0.1) is 6.10 Å². The monoisotopic (exact) mass is 297 g/mol. The molecule has 21 heavy (non-hydrogen) atoms. The Labute approximate surface area is 125 Å². The van der Waals surface area contributed by atoms with Gasteiger partial charge in [0.25, 0.3) is 0 Å². The van der Waals surface area contributed by atoms with Crippen molar-refractivity contribution in [3.63, 3.8) is 0 Å². The van der Waals surface area contributed by atoms with Crippen LogP contribution in [0.15, 0.2) is 18.2 Å². The summed E-state index contributed by atoms with van der Waals surface area (Å²) in [5.41, 5.74) is 0.318. The molecule has 1 atom stereocenters. The van der Waals surface area contributed by atoms with Gasteiger partial charge in [0.2, 0.25) is 0 Å². The molecule has 0 saturated heterocycles. The summed E-state index contributed by atoms with van der Waals surface area (Å²) in [6.45, 7) is 3.02. The Bertz CT molecular complexity index is 438. The molecule has 1 aromatic carbocycles. The smallest absolute Gasteiger partial charge is 0.126 e. The van der Waals surface area contributed by atoms with Crippen LogP contribution in [0, 0.1) is 17.6 Å². The summed E-state index contributed by atoms with van der Waals surface area (Å²) >= 11 is 0. The molecule has 0 bridgehead atoms. The van der Waals surface area contributed by atoms with Gasteiger partial charge in [-0.2, -0.15) is 0 Å². The van der Waals surface area contributed by atoms with Gasteiger partial charge in [-0.1, -0.05) is 6.92 Å². The molecule has 0 heterocycles. The van der Waals surface area contributed by atoms with E-state index in [9.17, 15) is 13.9 Å². The largest absolute Gasteiger partial charge is 0.388 e. The summed E-state index contributed by atoms with van der Waals surface area (Å²) in [6.07, 6.45) is 4.58. The molecular formula is C17H25F2NO. The van der Waals surface area contributed by atoms with E-state index >= 15 is 0 Å². The van der Waals surface area contributed by atoms with Gasteiger partial charge in [0.1, 0.15) is 11.6 Å². The molecular weight excluding hydrogens is 272 g/mol. The lowest BCUT2D eigenvalue weighted by atomic mass is 9.86. The second-order valence-corrected chi connectivity index (χ2v) is 6.40. The van der Waals surface area contributed by atoms with E-state index in [1.54, 1.807) is 0 Å². The van der Waals surface area contributed by atoms with E-state index < -0.39 is 17.7 Å². The van der Waals surface area contributed by atoms with E-state index in [1.807, 2.05) is 0 Å². The summed E-state index contributed by atoms with van der Waals surface area (Å²) in [7, 11) is 2.07. The van der Waals surface area contributed by atoms with Gasteiger partial charge in [-0.15, -0.1) is 0 Å². The normalized spacial score (nSPS) is 24.3. The molecule has 4 heteroatoms. The summed E-state index contributed by atoms with van der Waals surface area (Å²) in [5, 5.41) is 10.1. The lowest BCUT2D eigenvalue weighted by molar-refractivity contribution is 0.118. The average molecular weight is 297 g/mol. The molecule has 1 aliphatic carbocycles. The SMILES string of the molecule is CC1CCC(N(C)CCC(O)c2cc(F)cc(F)c2)CC1. The highest BCUT2D eigenvalue weighted by atomic mass is 19.1. The number of nitrogens with zero attached hydrogens (tertiary/aromatic N) is 1. The number of aliphatic hydroxyl groups is 1. The molecule has 1 N–H and O–H groups in total. The van der Waals surface area contributed by atoms with Gasteiger partial charge >= 0.3 is 0 Å². The fourth-order valence-electron chi connectivity index (χ4n) is 3.13. The number of hydrogen-bond donors (Lipinski definition) is 1. The van der Waals surface area contributed by atoms with Crippen molar-refractivity contribution in [3.8, 4) is 0 Å². The van der Waals surface area contributed by atoms with Crippen molar-refractivity contribution >= 4 is 0 Å². The molecule has 0 spiro atoms. The van der Waals surface area contributed by atoms with Gasteiger partial charge in [-0.25, -0.2) is 8.78 Å². The van der Waals surface area contributed by atoms with Crippen LogP contribution in [0.4, 0.5) is 8.78 Å². The van der Waals surface area contributed by atoms with Crippen molar-refractivity contribution in [1.29, 1.82) is 0 Å². The lowest BCUT2D eigenvalue weighted by Gasteiger charge is -2.34. The summed E-state index contributed by atoms with van der Waals surface area (Å²) in [4.78, 5) is 2.27. The number of hydrogen-bond acceptors (Lipinski definition) is 2. The third-order valence-corrected chi connectivity index (χ3v) is 4.63. The van der Waals surface area contributed by atoms with Crippen LogP contribution >= 0.6 is 0 Å². The van der Waals surface area contributed by atoms with Gasteiger partial charge in [-0.05, 0) is 62.8 Å². The zero-order valence-corrected chi connectivity index (χ0v) is 12.9. The molecule has 0 radical (unpaired) electrons. The van der Waals surface area contributed by atoms with E-state index in [2.05, 4.69) is 18.9 Å². The molecule has 1 fully saturated rings. The van der Waals surface area contributed by atoms with Crippen molar-refractivity contribution in [3.05, 3.63) is 35.4 Å². The molecule has 118 valence electrons. The quantitative estimate of drug-likeness (QED) is 0.891. The first-order valence-electron chi connectivity index (χ1n) is 7.80. The van der Waals surface area contributed by atoms with Crippen LogP contribution in [0.2, 0.25) is 0 Å².